The standard InChI is InChI=1S/C31H40N4O3/c1-2-38-31(37)24-13-16-35(17-14-24)30(36)25-11-12-29-28(22-25)26(23-32-29)8-6-7-15-33-18-20-34(21-19-33)27-9-4-3-5-10-27/h3-5,9-12,22-24,32H,2,6-8,13-21H2,1H3. The molecule has 38 heavy (non-hydrogen) atoms. The molecular formula is C31H40N4O3. The number of unbranched alkanes of at least 4 members (excludes halogenated alkanes) is 1. The lowest BCUT2D eigenvalue weighted by molar-refractivity contribution is -0.149. The number of likely N-dealkylation sites (tertiary alicyclic amines) is 1. The van der Waals surface area contributed by atoms with Crippen molar-refractivity contribution < 1.29 is 14.3 Å². The summed E-state index contributed by atoms with van der Waals surface area (Å²) in [5.74, 6) is -0.172. The number of nitrogens with one attached hydrogen (secondary N) is 1. The zero-order valence-corrected chi connectivity index (χ0v) is 22.5. The van der Waals surface area contributed by atoms with E-state index in [1.54, 1.807) is 0 Å². The number of hydrogen-bond donors (Lipinski definition) is 1. The second-order valence-electron chi connectivity index (χ2n) is 10.5. The molecule has 2 saturated heterocycles. The predicted molar refractivity (Wildman–Crippen MR) is 152 cm³/mol. The Morgan fingerprint density at radius 1 is 0.947 bits per heavy atom. The fourth-order valence-corrected chi connectivity index (χ4v) is 5.80. The highest BCUT2D eigenvalue weighted by atomic mass is 16.5. The van der Waals surface area contributed by atoms with Crippen LogP contribution in [0.5, 0.6) is 0 Å². The molecule has 202 valence electrons. The van der Waals surface area contributed by atoms with Gasteiger partial charge in [-0.2, -0.15) is 0 Å². The molecule has 0 atom stereocenters. The van der Waals surface area contributed by atoms with Crippen LogP contribution < -0.4 is 4.90 Å². The number of aromatic nitrogens is 1. The molecule has 3 heterocycles. The third kappa shape index (κ3) is 6.21. The normalized spacial score (nSPS) is 17.2. The van der Waals surface area contributed by atoms with Crippen LogP contribution in [0.2, 0.25) is 0 Å². The maximum atomic E-state index is 13.2. The van der Waals surface area contributed by atoms with Gasteiger partial charge in [0.15, 0.2) is 0 Å². The SMILES string of the molecule is CCOC(=O)C1CCN(C(=O)c2ccc3[nH]cc(CCCCN4CCN(c5ccccc5)CC4)c3c2)CC1. The van der Waals surface area contributed by atoms with Gasteiger partial charge >= 0.3 is 5.97 Å². The van der Waals surface area contributed by atoms with Gasteiger partial charge in [0, 0.05) is 67.6 Å². The number of piperidine rings is 1. The predicted octanol–water partition coefficient (Wildman–Crippen LogP) is 4.73. The van der Waals surface area contributed by atoms with Gasteiger partial charge in [-0.1, -0.05) is 18.2 Å². The number of benzene rings is 2. The number of piperazine rings is 1. The third-order valence-corrected chi connectivity index (χ3v) is 8.08. The maximum Gasteiger partial charge on any atom is 0.309 e. The molecule has 0 bridgehead atoms. The number of fused-ring (bicyclic) bond motifs is 1. The molecule has 0 radical (unpaired) electrons. The Labute approximate surface area is 225 Å². The molecule has 1 N–H and O–H groups in total. The van der Waals surface area contributed by atoms with Crippen molar-refractivity contribution in [1.29, 1.82) is 0 Å². The first-order valence-corrected chi connectivity index (χ1v) is 14.2. The monoisotopic (exact) mass is 516 g/mol. The fraction of sp³-hybridized carbons (Fsp3) is 0.484. The summed E-state index contributed by atoms with van der Waals surface area (Å²) in [7, 11) is 0. The lowest BCUT2D eigenvalue weighted by atomic mass is 9.96. The van der Waals surface area contributed by atoms with Crippen molar-refractivity contribution in [3.05, 3.63) is 65.9 Å². The van der Waals surface area contributed by atoms with Crippen LogP contribution in [0.3, 0.4) is 0 Å². The van der Waals surface area contributed by atoms with E-state index in [-0.39, 0.29) is 17.8 Å². The molecule has 0 unspecified atom stereocenters. The number of carbonyl (C=O) groups is 2. The molecule has 2 aliphatic heterocycles. The number of H-pyrrole nitrogens is 1. The number of aromatic amines is 1. The summed E-state index contributed by atoms with van der Waals surface area (Å²) in [6.45, 7) is 8.97. The highest BCUT2D eigenvalue weighted by Crippen LogP contribution is 2.25. The Hall–Kier alpha value is -3.32. The molecule has 7 heteroatoms. The molecular weight excluding hydrogens is 476 g/mol. The van der Waals surface area contributed by atoms with Crippen LogP contribution in [0.4, 0.5) is 5.69 Å². The second kappa shape index (κ2) is 12.5. The van der Waals surface area contributed by atoms with E-state index in [1.807, 2.05) is 30.0 Å². The number of nitrogens with zero attached hydrogens (tertiary/aromatic N) is 3. The summed E-state index contributed by atoms with van der Waals surface area (Å²) >= 11 is 0. The van der Waals surface area contributed by atoms with Crippen LogP contribution in [-0.4, -0.2) is 79.1 Å². The van der Waals surface area contributed by atoms with E-state index in [1.165, 1.54) is 17.7 Å². The molecule has 2 aromatic carbocycles. The minimum atomic E-state index is -0.132. The topological polar surface area (TPSA) is 68.9 Å². The van der Waals surface area contributed by atoms with Gasteiger partial charge in [0.05, 0.1) is 12.5 Å². The van der Waals surface area contributed by atoms with Gasteiger partial charge in [-0.15, -0.1) is 0 Å². The summed E-state index contributed by atoms with van der Waals surface area (Å²) in [4.78, 5) is 35.6. The summed E-state index contributed by atoms with van der Waals surface area (Å²) in [6.07, 6.45) is 6.75. The van der Waals surface area contributed by atoms with E-state index in [4.69, 9.17) is 4.74 Å². The van der Waals surface area contributed by atoms with Crippen molar-refractivity contribution >= 4 is 28.5 Å². The summed E-state index contributed by atoms with van der Waals surface area (Å²) < 4.78 is 5.16. The van der Waals surface area contributed by atoms with Crippen LogP contribution in [0.1, 0.15) is 48.5 Å². The van der Waals surface area contributed by atoms with Crippen LogP contribution in [0.15, 0.2) is 54.7 Å². The first-order chi connectivity index (χ1) is 18.6. The molecule has 0 saturated carbocycles. The molecule has 0 spiro atoms. The number of aryl methyl sites for hydroxylation is 1. The smallest absolute Gasteiger partial charge is 0.309 e. The fourth-order valence-electron chi connectivity index (χ4n) is 5.80. The van der Waals surface area contributed by atoms with Gasteiger partial charge in [-0.05, 0) is 81.5 Å². The molecule has 3 aromatic rings. The van der Waals surface area contributed by atoms with Gasteiger partial charge in [0.1, 0.15) is 0 Å². The van der Waals surface area contributed by atoms with Crippen molar-refractivity contribution in [3.63, 3.8) is 0 Å². The van der Waals surface area contributed by atoms with E-state index < -0.39 is 0 Å². The zero-order chi connectivity index (χ0) is 26.3. The Morgan fingerprint density at radius 3 is 2.45 bits per heavy atom. The zero-order valence-electron chi connectivity index (χ0n) is 22.5. The molecule has 7 nitrogen and oxygen atoms in total. The Kier molecular flexibility index (Phi) is 8.64. The number of hydrogen-bond acceptors (Lipinski definition) is 5. The van der Waals surface area contributed by atoms with Crippen LogP contribution in [0, 0.1) is 5.92 Å². The number of anilines is 1. The van der Waals surface area contributed by atoms with Crippen LogP contribution in [-0.2, 0) is 16.0 Å². The van der Waals surface area contributed by atoms with E-state index >= 15 is 0 Å². The Balaban J connectivity index is 1.09. The van der Waals surface area contributed by atoms with Gasteiger partial charge in [0.2, 0.25) is 0 Å². The Morgan fingerprint density at radius 2 is 1.71 bits per heavy atom. The summed E-state index contributed by atoms with van der Waals surface area (Å²) in [5, 5.41) is 1.15. The first-order valence-electron chi connectivity index (χ1n) is 14.2. The van der Waals surface area contributed by atoms with Crippen molar-refractivity contribution in [1.82, 2.24) is 14.8 Å². The molecule has 2 aliphatic rings. The Bertz CT molecular complexity index is 1210. The average molecular weight is 517 g/mol. The summed E-state index contributed by atoms with van der Waals surface area (Å²) in [6, 6.07) is 16.7. The number of para-hydroxylation sites is 1. The largest absolute Gasteiger partial charge is 0.466 e. The highest BCUT2D eigenvalue weighted by Gasteiger charge is 2.28. The van der Waals surface area contributed by atoms with E-state index in [0.29, 0.717) is 32.5 Å². The quantitative estimate of drug-likeness (QED) is 0.329. The minimum absolute atomic E-state index is 0.0519. The van der Waals surface area contributed by atoms with Gasteiger partial charge in [-0.25, -0.2) is 0 Å². The second-order valence-corrected chi connectivity index (χ2v) is 10.5. The molecule has 2 fully saturated rings. The number of ether oxygens (including phenoxy) is 1. The molecule has 5 rings (SSSR count). The minimum Gasteiger partial charge on any atom is -0.466 e. The van der Waals surface area contributed by atoms with Gasteiger partial charge in [-0.3, -0.25) is 14.5 Å². The van der Waals surface area contributed by atoms with Crippen molar-refractivity contribution in [2.24, 2.45) is 5.92 Å². The maximum absolute atomic E-state index is 13.2. The first kappa shape index (κ1) is 26.3. The molecule has 0 aliphatic carbocycles. The van der Waals surface area contributed by atoms with E-state index in [9.17, 15) is 9.59 Å². The lowest BCUT2D eigenvalue weighted by Crippen LogP contribution is -2.46. The molecule has 1 amide bonds. The third-order valence-electron chi connectivity index (χ3n) is 8.08. The van der Waals surface area contributed by atoms with Crippen LogP contribution in [0.25, 0.3) is 10.9 Å². The van der Waals surface area contributed by atoms with Crippen molar-refractivity contribution in [3.8, 4) is 0 Å². The highest BCUT2D eigenvalue weighted by molar-refractivity contribution is 5.99. The number of amides is 1. The van der Waals surface area contributed by atoms with Gasteiger partial charge < -0.3 is 19.5 Å². The van der Waals surface area contributed by atoms with Crippen molar-refractivity contribution in [2.75, 3.05) is 57.3 Å². The van der Waals surface area contributed by atoms with E-state index in [2.05, 4.69) is 51.3 Å². The lowest BCUT2D eigenvalue weighted by Gasteiger charge is -2.36. The van der Waals surface area contributed by atoms with Crippen molar-refractivity contribution in [2.45, 2.75) is 39.0 Å². The van der Waals surface area contributed by atoms with Gasteiger partial charge in [0.25, 0.3) is 5.91 Å². The number of carbonyl (C=O) groups excluding carboxylic acids is 2. The average Bonchev–Trinajstić information content (AvgIpc) is 3.38. The van der Waals surface area contributed by atoms with E-state index in [0.717, 1.165) is 62.0 Å². The van der Waals surface area contributed by atoms with Crippen LogP contribution >= 0.6 is 0 Å². The summed E-state index contributed by atoms with van der Waals surface area (Å²) in [5.41, 5.74) is 4.41. The molecule has 1 aromatic heterocycles. The number of esters is 1. The number of rotatable bonds is 9.